The molecule has 2 saturated heterocycles. The first-order chi connectivity index (χ1) is 22.7. The van der Waals surface area contributed by atoms with Crippen molar-refractivity contribution in [3.05, 3.63) is 78.1 Å². The van der Waals surface area contributed by atoms with Crippen molar-refractivity contribution in [2.24, 2.45) is 13.0 Å². The fourth-order valence-corrected chi connectivity index (χ4v) is 6.89. The van der Waals surface area contributed by atoms with E-state index in [1.165, 1.54) is 0 Å². The molecule has 47 heavy (non-hydrogen) atoms. The van der Waals surface area contributed by atoms with Gasteiger partial charge in [-0.3, -0.25) is 14.6 Å². The van der Waals surface area contributed by atoms with Crippen LogP contribution in [0.1, 0.15) is 35.2 Å². The molecule has 3 amide bonds. The summed E-state index contributed by atoms with van der Waals surface area (Å²) in [4.78, 5) is 54.6. The average molecular weight is 635 g/mol. The van der Waals surface area contributed by atoms with Crippen molar-refractivity contribution in [3.8, 4) is 5.75 Å². The maximum Gasteiger partial charge on any atom is 0.323 e. The number of ether oxygens (including phenoxy) is 1. The third-order valence-electron chi connectivity index (χ3n) is 9.44. The molecule has 4 aromatic rings. The summed E-state index contributed by atoms with van der Waals surface area (Å²) < 4.78 is 7.97. The molecular weight excluding hydrogens is 596 g/mol. The Morgan fingerprint density at radius 2 is 1.83 bits per heavy atom. The molecule has 7 rings (SSSR count). The van der Waals surface area contributed by atoms with Crippen LogP contribution in [0, 0.1) is 5.92 Å². The number of nitrogens with zero attached hydrogens (tertiary/aromatic N) is 6. The third kappa shape index (κ3) is 6.03. The number of carbonyl (C=O) groups excluding carboxylic acids is 3. The SMILES string of the molecule is CN1CCC(N(C)C(=O)C2CCN(c3ccnc4c3c(/C=C3\Oc5ccc(NC(=O)Nc6cccnc6)cc5C3=O)cn4C)CC2)C1. The van der Waals surface area contributed by atoms with Gasteiger partial charge in [-0.15, -0.1) is 0 Å². The number of aromatic nitrogens is 3. The Labute approximate surface area is 273 Å². The van der Waals surface area contributed by atoms with Crippen LogP contribution in [-0.2, 0) is 11.8 Å². The second kappa shape index (κ2) is 12.5. The molecule has 1 unspecified atom stereocenters. The number of Topliss-reactive ketones (excluding diaryl/α,β-unsaturated/α-hetero) is 1. The van der Waals surface area contributed by atoms with Gasteiger partial charge in [-0.1, -0.05) is 0 Å². The number of aryl methyl sites for hydroxylation is 1. The topological polar surface area (TPSA) is 125 Å². The van der Waals surface area contributed by atoms with Crippen LogP contribution in [0.15, 0.2) is 66.9 Å². The first kappa shape index (κ1) is 30.4. The van der Waals surface area contributed by atoms with Crippen molar-refractivity contribution < 1.29 is 19.1 Å². The molecule has 2 fully saturated rings. The number of ketones is 1. The second-order valence-corrected chi connectivity index (χ2v) is 12.6. The first-order valence-corrected chi connectivity index (χ1v) is 16.0. The van der Waals surface area contributed by atoms with Crippen LogP contribution in [0.5, 0.6) is 5.75 Å². The maximum atomic E-state index is 13.5. The molecule has 3 aliphatic rings. The Kier molecular flexibility index (Phi) is 8.10. The number of rotatable bonds is 6. The predicted molar refractivity (Wildman–Crippen MR) is 181 cm³/mol. The zero-order valence-corrected chi connectivity index (χ0v) is 26.8. The molecule has 2 N–H and O–H groups in total. The number of benzene rings is 1. The van der Waals surface area contributed by atoms with Gasteiger partial charge in [0.05, 0.1) is 17.4 Å². The van der Waals surface area contributed by atoms with E-state index in [4.69, 9.17) is 4.74 Å². The van der Waals surface area contributed by atoms with Crippen LogP contribution >= 0.6 is 0 Å². The minimum atomic E-state index is -0.446. The predicted octanol–water partition coefficient (Wildman–Crippen LogP) is 4.61. The molecule has 12 heteroatoms. The monoisotopic (exact) mass is 634 g/mol. The van der Waals surface area contributed by atoms with E-state index in [1.807, 2.05) is 42.0 Å². The Morgan fingerprint density at radius 1 is 1.02 bits per heavy atom. The number of hydrogen-bond acceptors (Lipinski definition) is 8. The number of allylic oxidation sites excluding steroid dienone is 1. The Balaban J connectivity index is 1.07. The molecule has 242 valence electrons. The van der Waals surface area contributed by atoms with Crippen LogP contribution < -0.4 is 20.3 Å². The number of anilines is 3. The molecule has 6 heterocycles. The Hall–Kier alpha value is -5.23. The lowest BCUT2D eigenvalue weighted by molar-refractivity contribution is -0.136. The normalized spacial score (nSPS) is 19.2. The van der Waals surface area contributed by atoms with Gasteiger partial charge in [-0.05, 0) is 75.3 Å². The number of likely N-dealkylation sites (N-methyl/N-ethyl adjacent to an activating group) is 2. The van der Waals surface area contributed by atoms with Crippen LogP contribution in [0.2, 0.25) is 0 Å². The molecule has 0 aliphatic carbocycles. The third-order valence-corrected chi connectivity index (χ3v) is 9.44. The smallest absolute Gasteiger partial charge is 0.323 e. The van der Waals surface area contributed by atoms with E-state index in [-0.39, 0.29) is 29.4 Å². The van der Waals surface area contributed by atoms with Gasteiger partial charge in [0, 0.05) is 86.6 Å². The summed E-state index contributed by atoms with van der Waals surface area (Å²) in [5.41, 5.74) is 4.02. The fraction of sp³-hybridized carbons (Fsp3) is 0.343. The van der Waals surface area contributed by atoms with Crippen LogP contribution in [0.3, 0.4) is 0 Å². The van der Waals surface area contributed by atoms with Gasteiger partial charge in [-0.2, -0.15) is 0 Å². The van der Waals surface area contributed by atoms with Crippen molar-refractivity contribution in [2.45, 2.75) is 25.3 Å². The van der Waals surface area contributed by atoms with E-state index in [0.29, 0.717) is 22.7 Å². The van der Waals surface area contributed by atoms with Crippen LogP contribution in [0.25, 0.3) is 17.1 Å². The minimum absolute atomic E-state index is 0.0145. The summed E-state index contributed by atoms with van der Waals surface area (Å²) in [6.45, 7) is 3.47. The largest absolute Gasteiger partial charge is 0.452 e. The fourth-order valence-electron chi connectivity index (χ4n) is 6.89. The molecule has 0 bridgehead atoms. The summed E-state index contributed by atoms with van der Waals surface area (Å²) in [5.74, 6) is 0.624. The maximum absolute atomic E-state index is 13.5. The highest BCUT2D eigenvalue weighted by molar-refractivity contribution is 6.16. The minimum Gasteiger partial charge on any atom is -0.452 e. The molecule has 3 aromatic heterocycles. The van der Waals surface area contributed by atoms with E-state index >= 15 is 0 Å². The lowest BCUT2D eigenvalue weighted by Gasteiger charge is -2.36. The summed E-state index contributed by atoms with van der Waals surface area (Å²) in [6, 6.07) is 10.3. The van der Waals surface area contributed by atoms with Gasteiger partial charge < -0.3 is 34.6 Å². The Morgan fingerprint density at radius 3 is 2.57 bits per heavy atom. The van der Waals surface area contributed by atoms with Gasteiger partial charge in [0.25, 0.3) is 0 Å². The number of urea groups is 1. The summed E-state index contributed by atoms with van der Waals surface area (Å²) in [6.07, 6.45) is 11.3. The number of fused-ring (bicyclic) bond motifs is 2. The zero-order chi connectivity index (χ0) is 32.7. The number of amides is 3. The first-order valence-electron chi connectivity index (χ1n) is 16.0. The Bertz CT molecular complexity index is 1880. The van der Waals surface area contributed by atoms with E-state index in [9.17, 15) is 14.4 Å². The lowest BCUT2D eigenvalue weighted by atomic mass is 9.94. The number of hydrogen-bond donors (Lipinski definition) is 2. The summed E-state index contributed by atoms with van der Waals surface area (Å²) in [5, 5.41) is 6.41. The van der Waals surface area contributed by atoms with Crippen molar-refractivity contribution in [3.63, 3.8) is 0 Å². The van der Waals surface area contributed by atoms with E-state index in [2.05, 4.69) is 37.4 Å². The van der Waals surface area contributed by atoms with Crippen molar-refractivity contribution >= 4 is 51.9 Å². The molecule has 0 saturated carbocycles. The number of carbonyl (C=O) groups is 3. The summed E-state index contributed by atoms with van der Waals surface area (Å²) >= 11 is 0. The molecule has 1 atom stereocenters. The lowest BCUT2D eigenvalue weighted by Crippen LogP contribution is -2.45. The standard InChI is InChI=1S/C35H38N8O4/c1-40-14-11-26(21-40)42(3)34(45)22-9-15-43(16-10-22)28-8-13-37-33-31(28)23(20-41(33)2)17-30-32(44)27-18-24(6-7-29(27)47-30)38-35(46)39-25-5-4-12-36-19-25/h4-8,12-13,17-20,22,26H,9-11,14-16,21H2,1-3H3,(H2,38,39,46)/b30-17-. The van der Waals surface area contributed by atoms with E-state index < -0.39 is 6.03 Å². The average Bonchev–Trinajstić information content (AvgIpc) is 3.75. The second-order valence-electron chi connectivity index (χ2n) is 12.6. The van der Waals surface area contributed by atoms with Crippen molar-refractivity contribution in [2.75, 3.05) is 55.8 Å². The van der Waals surface area contributed by atoms with Gasteiger partial charge >= 0.3 is 6.03 Å². The molecule has 3 aliphatic heterocycles. The molecule has 1 aromatic carbocycles. The van der Waals surface area contributed by atoms with Crippen molar-refractivity contribution in [1.82, 2.24) is 24.3 Å². The van der Waals surface area contributed by atoms with Gasteiger partial charge in [0.2, 0.25) is 11.7 Å². The van der Waals surface area contributed by atoms with Crippen molar-refractivity contribution in [1.29, 1.82) is 0 Å². The molecular formula is C35H38N8O4. The van der Waals surface area contributed by atoms with Gasteiger partial charge in [-0.25, -0.2) is 9.78 Å². The number of nitrogens with one attached hydrogen (secondary N) is 2. The molecule has 12 nitrogen and oxygen atoms in total. The zero-order valence-electron chi connectivity index (χ0n) is 26.8. The number of piperidine rings is 1. The van der Waals surface area contributed by atoms with Gasteiger partial charge in [0.1, 0.15) is 11.4 Å². The van der Waals surface area contributed by atoms with E-state index in [1.54, 1.807) is 48.8 Å². The van der Waals surface area contributed by atoms with Crippen LogP contribution in [0.4, 0.5) is 21.9 Å². The van der Waals surface area contributed by atoms with E-state index in [0.717, 1.165) is 67.7 Å². The molecule has 0 radical (unpaired) electrons. The number of likely N-dealkylation sites (tertiary alicyclic amines) is 1. The quantitative estimate of drug-likeness (QED) is 0.295. The van der Waals surface area contributed by atoms with Gasteiger partial charge in [0.15, 0.2) is 5.76 Å². The molecule has 0 spiro atoms. The van der Waals surface area contributed by atoms with Crippen LogP contribution in [-0.4, -0.2) is 88.4 Å². The highest BCUT2D eigenvalue weighted by Gasteiger charge is 2.33. The highest BCUT2D eigenvalue weighted by Crippen LogP contribution is 2.37. The summed E-state index contributed by atoms with van der Waals surface area (Å²) in [7, 11) is 6.00. The highest BCUT2D eigenvalue weighted by atomic mass is 16.5. The number of pyridine rings is 2.